The lowest BCUT2D eigenvalue weighted by Gasteiger charge is -2.37. The monoisotopic (exact) mass is 274 g/mol. The van der Waals surface area contributed by atoms with Crippen LogP contribution in [0.4, 0.5) is 0 Å². The van der Waals surface area contributed by atoms with Crippen LogP contribution in [-0.2, 0) is 15.1 Å². The summed E-state index contributed by atoms with van der Waals surface area (Å²) < 4.78 is 6.11. The average molecular weight is 274 g/mol. The van der Waals surface area contributed by atoms with E-state index in [0.29, 0.717) is 5.92 Å². The second-order valence-electron chi connectivity index (χ2n) is 6.68. The fourth-order valence-corrected chi connectivity index (χ4v) is 2.96. The zero-order valence-electron chi connectivity index (χ0n) is 13.1. The number of benzene rings is 1. The van der Waals surface area contributed by atoms with Crippen LogP contribution in [-0.4, -0.2) is 5.97 Å². The lowest BCUT2D eigenvalue weighted by atomic mass is 9.83. The highest BCUT2D eigenvalue weighted by molar-refractivity contribution is 5.76. The van der Waals surface area contributed by atoms with Crippen molar-refractivity contribution in [1.82, 2.24) is 0 Å². The van der Waals surface area contributed by atoms with Crippen LogP contribution in [0.25, 0.3) is 0 Å². The Hall–Kier alpha value is -1.31. The van der Waals surface area contributed by atoms with E-state index in [0.717, 1.165) is 31.2 Å². The zero-order valence-corrected chi connectivity index (χ0v) is 13.1. The van der Waals surface area contributed by atoms with Gasteiger partial charge in [0, 0.05) is 5.92 Å². The van der Waals surface area contributed by atoms with Gasteiger partial charge in [0.15, 0.2) is 0 Å². The lowest BCUT2D eigenvalue weighted by molar-refractivity contribution is -0.176. The molecule has 2 heteroatoms. The van der Waals surface area contributed by atoms with Crippen molar-refractivity contribution in [2.75, 3.05) is 0 Å². The van der Waals surface area contributed by atoms with E-state index in [-0.39, 0.29) is 5.97 Å². The molecule has 0 heterocycles. The van der Waals surface area contributed by atoms with Crippen molar-refractivity contribution in [3.63, 3.8) is 0 Å². The topological polar surface area (TPSA) is 26.3 Å². The van der Waals surface area contributed by atoms with E-state index in [1.165, 1.54) is 0 Å². The summed E-state index contributed by atoms with van der Waals surface area (Å²) in [5, 5.41) is 0. The Morgan fingerprint density at radius 1 is 1.35 bits per heavy atom. The molecule has 0 radical (unpaired) electrons. The summed E-state index contributed by atoms with van der Waals surface area (Å²) in [6.45, 7) is 8.17. The molecule has 0 bridgehead atoms. The van der Waals surface area contributed by atoms with Gasteiger partial charge >= 0.3 is 5.97 Å². The van der Waals surface area contributed by atoms with Crippen LogP contribution in [0.1, 0.15) is 58.9 Å². The molecule has 0 spiro atoms. The molecule has 110 valence electrons. The minimum absolute atomic E-state index is 0.0717. The maximum atomic E-state index is 12.6. The molecule has 0 saturated heterocycles. The van der Waals surface area contributed by atoms with Gasteiger partial charge in [0.05, 0.1) is 5.41 Å². The third-order valence-electron chi connectivity index (χ3n) is 4.96. The highest BCUT2D eigenvalue weighted by atomic mass is 16.6. The Balaban J connectivity index is 2.33. The SMILES string of the molecule is CCC(C)(C)C(=O)OC1(c2ccccc2)CCCC1C. The molecule has 0 aliphatic heterocycles. The molecule has 0 amide bonds. The maximum absolute atomic E-state index is 12.6. The second kappa shape index (κ2) is 5.59. The Bertz CT molecular complexity index is 464. The van der Waals surface area contributed by atoms with Crippen molar-refractivity contribution in [2.45, 2.75) is 59.0 Å². The van der Waals surface area contributed by atoms with E-state index < -0.39 is 11.0 Å². The normalized spacial score (nSPS) is 26.5. The summed E-state index contributed by atoms with van der Waals surface area (Å²) in [4.78, 5) is 12.6. The number of carbonyl (C=O) groups excluding carboxylic acids is 1. The standard InChI is InChI=1S/C18H26O2/c1-5-17(3,4)16(19)20-18(13-9-10-14(18)2)15-11-7-6-8-12-15/h6-8,11-12,14H,5,9-10,13H2,1-4H3. The fourth-order valence-electron chi connectivity index (χ4n) is 2.96. The van der Waals surface area contributed by atoms with Gasteiger partial charge in [0.1, 0.15) is 5.60 Å². The van der Waals surface area contributed by atoms with Gasteiger partial charge < -0.3 is 4.74 Å². The van der Waals surface area contributed by atoms with Gasteiger partial charge in [-0.1, -0.05) is 44.2 Å². The molecule has 2 nitrogen and oxygen atoms in total. The summed E-state index contributed by atoms with van der Waals surface area (Å²) in [6, 6.07) is 10.2. The molecular formula is C18H26O2. The Morgan fingerprint density at radius 2 is 2.00 bits per heavy atom. The van der Waals surface area contributed by atoms with Gasteiger partial charge in [-0.05, 0) is 45.1 Å². The van der Waals surface area contributed by atoms with Crippen LogP contribution < -0.4 is 0 Å². The molecule has 1 aliphatic rings. The Kier molecular flexibility index (Phi) is 4.22. The van der Waals surface area contributed by atoms with Crippen molar-refractivity contribution >= 4 is 5.97 Å². The molecule has 1 saturated carbocycles. The number of esters is 1. The quantitative estimate of drug-likeness (QED) is 0.745. The number of rotatable bonds is 4. The third kappa shape index (κ3) is 2.61. The van der Waals surface area contributed by atoms with E-state index in [1.807, 2.05) is 39.0 Å². The largest absolute Gasteiger partial charge is 0.453 e. The molecule has 1 aromatic carbocycles. The minimum Gasteiger partial charge on any atom is -0.453 e. The van der Waals surface area contributed by atoms with E-state index in [1.54, 1.807) is 0 Å². The number of hydrogen-bond donors (Lipinski definition) is 0. The molecule has 2 unspecified atom stereocenters. The molecule has 1 fully saturated rings. The van der Waals surface area contributed by atoms with Gasteiger partial charge in [-0.25, -0.2) is 0 Å². The molecule has 20 heavy (non-hydrogen) atoms. The van der Waals surface area contributed by atoms with Gasteiger partial charge in [-0.3, -0.25) is 4.79 Å². The summed E-state index contributed by atoms with van der Waals surface area (Å²) >= 11 is 0. The first-order valence-electron chi connectivity index (χ1n) is 7.71. The lowest BCUT2D eigenvalue weighted by Crippen LogP contribution is -2.39. The predicted octanol–water partition coefficient (Wildman–Crippen LogP) is 4.68. The van der Waals surface area contributed by atoms with Crippen LogP contribution in [0, 0.1) is 11.3 Å². The van der Waals surface area contributed by atoms with Crippen LogP contribution in [0.2, 0.25) is 0 Å². The number of hydrogen-bond acceptors (Lipinski definition) is 2. The summed E-state index contributed by atoms with van der Waals surface area (Å²) in [5.41, 5.74) is 0.305. The predicted molar refractivity (Wildman–Crippen MR) is 81.3 cm³/mol. The van der Waals surface area contributed by atoms with Gasteiger partial charge in [0.25, 0.3) is 0 Å². The first-order valence-corrected chi connectivity index (χ1v) is 7.71. The van der Waals surface area contributed by atoms with Crippen LogP contribution in [0.3, 0.4) is 0 Å². The van der Waals surface area contributed by atoms with Gasteiger partial charge in [-0.15, -0.1) is 0 Å². The van der Waals surface area contributed by atoms with Crippen molar-refractivity contribution < 1.29 is 9.53 Å². The third-order valence-corrected chi connectivity index (χ3v) is 4.96. The Labute approximate surface area is 122 Å². The highest BCUT2D eigenvalue weighted by Gasteiger charge is 2.47. The first kappa shape index (κ1) is 15.1. The van der Waals surface area contributed by atoms with E-state index >= 15 is 0 Å². The molecule has 1 aliphatic carbocycles. The minimum atomic E-state index is -0.426. The van der Waals surface area contributed by atoms with Crippen molar-refractivity contribution in [2.24, 2.45) is 11.3 Å². The van der Waals surface area contributed by atoms with Crippen molar-refractivity contribution in [3.05, 3.63) is 35.9 Å². The molecular weight excluding hydrogens is 248 g/mol. The van der Waals surface area contributed by atoms with Crippen LogP contribution >= 0.6 is 0 Å². The van der Waals surface area contributed by atoms with Crippen molar-refractivity contribution in [1.29, 1.82) is 0 Å². The second-order valence-corrected chi connectivity index (χ2v) is 6.68. The van der Waals surface area contributed by atoms with Crippen LogP contribution in [0.5, 0.6) is 0 Å². The van der Waals surface area contributed by atoms with Gasteiger partial charge in [-0.2, -0.15) is 0 Å². The smallest absolute Gasteiger partial charge is 0.312 e. The molecule has 1 aromatic rings. The molecule has 2 atom stereocenters. The van der Waals surface area contributed by atoms with Crippen molar-refractivity contribution in [3.8, 4) is 0 Å². The highest BCUT2D eigenvalue weighted by Crippen LogP contribution is 2.47. The zero-order chi connectivity index (χ0) is 14.8. The average Bonchev–Trinajstić information content (AvgIpc) is 2.82. The number of carbonyl (C=O) groups is 1. The number of ether oxygens (including phenoxy) is 1. The molecule has 2 rings (SSSR count). The van der Waals surface area contributed by atoms with E-state index in [9.17, 15) is 4.79 Å². The van der Waals surface area contributed by atoms with E-state index in [2.05, 4.69) is 19.1 Å². The van der Waals surface area contributed by atoms with Gasteiger partial charge in [0.2, 0.25) is 0 Å². The fraction of sp³-hybridized carbons (Fsp3) is 0.611. The van der Waals surface area contributed by atoms with E-state index in [4.69, 9.17) is 4.74 Å². The first-order chi connectivity index (χ1) is 9.42. The Morgan fingerprint density at radius 3 is 2.50 bits per heavy atom. The maximum Gasteiger partial charge on any atom is 0.312 e. The summed E-state index contributed by atoms with van der Waals surface area (Å²) in [6.07, 6.45) is 3.97. The molecule has 0 N–H and O–H groups in total. The van der Waals surface area contributed by atoms with Crippen LogP contribution in [0.15, 0.2) is 30.3 Å². The molecule has 0 aromatic heterocycles. The summed E-state index contributed by atoms with van der Waals surface area (Å²) in [5.74, 6) is 0.305. The summed E-state index contributed by atoms with van der Waals surface area (Å²) in [7, 11) is 0.